The molecule has 422 valence electrons. The lowest BCUT2D eigenvalue weighted by Crippen LogP contribution is -2.61. The highest BCUT2D eigenvalue weighted by atomic mass is 15.2. The van der Waals surface area contributed by atoms with Gasteiger partial charge in [-0.3, -0.25) is 0 Å². The smallest absolute Gasteiger partial charge is 0.252 e. The SMILES string of the molecule is [2H]c1c([2H])c([2H])c(-c2ccc3c(c2)B2c4cc(-c5cccc(C(C)(C)C)c5)ccc4N(c4ccc(C(C)(C)C)cc4-c4nc(-c5c([2H])c([2H])c([2H])c([2H])c5[2H])nc(-c5c([2H])c([2H])c([2H])c([2H])c5[2H])n4)c4cc(C(C)(C)C)cc(c42)N3c2ccc(-c3ccccc3)cc2-c2ccccc2)c([2H])c1[2H]. The lowest BCUT2D eigenvalue weighted by molar-refractivity contribution is 0.590. The third kappa shape index (κ3) is 10.2. The lowest BCUT2D eigenvalue weighted by atomic mass is 9.33. The zero-order valence-electron chi connectivity index (χ0n) is 65.0. The van der Waals surface area contributed by atoms with E-state index in [9.17, 15) is 8.22 Å². The second-order valence-corrected chi connectivity index (χ2v) is 25.4. The van der Waals surface area contributed by atoms with Crippen molar-refractivity contribution in [1.82, 2.24) is 15.0 Å². The molecule has 3 heterocycles. The van der Waals surface area contributed by atoms with Crippen LogP contribution >= 0.6 is 0 Å². The third-order valence-electron chi connectivity index (χ3n) is 16.6. The number of rotatable bonds is 9. The molecule has 11 aromatic carbocycles. The largest absolute Gasteiger partial charge is 0.311 e. The molecule has 12 aromatic rings. The summed E-state index contributed by atoms with van der Waals surface area (Å²) in [4.78, 5) is 19.4. The number of benzene rings is 11. The van der Waals surface area contributed by atoms with Gasteiger partial charge in [-0.1, -0.05) is 274 Å². The second kappa shape index (κ2) is 21.6. The normalized spacial score (nSPS) is 15.2. The molecule has 0 spiro atoms. The summed E-state index contributed by atoms with van der Waals surface area (Å²) in [6.45, 7) is 18.5. The van der Waals surface area contributed by atoms with Crippen LogP contribution in [0.15, 0.2) is 260 Å². The number of anilines is 6. The fourth-order valence-electron chi connectivity index (χ4n) is 12.1. The molecule has 0 N–H and O–H groups in total. The predicted octanol–water partition coefficient (Wildman–Crippen LogP) is 19.5. The molecule has 0 saturated carbocycles. The van der Waals surface area contributed by atoms with E-state index in [2.05, 4.69) is 169 Å². The molecular weight excluding hydrogens is 1050 g/mol. The highest BCUT2D eigenvalue weighted by Gasteiger charge is 2.45. The van der Waals surface area contributed by atoms with E-state index in [-0.39, 0.29) is 28.9 Å². The van der Waals surface area contributed by atoms with Crippen molar-refractivity contribution < 1.29 is 20.6 Å². The van der Waals surface area contributed by atoms with E-state index in [1.807, 2.05) is 72.8 Å². The van der Waals surface area contributed by atoms with Crippen LogP contribution in [0, 0.1) is 0 Å². The predicted molar refractivity (Wildman–Crippen MR) is 368 cm³/mol. The Balaban J connectivity index is 1.16. The van der Waals surface area contributed by atoms with Crippen LogP contribution in [0.4, 0.5) is 34.1 Å². The van der Waals surface area contributed by atoms with Crippen molar-refractivity contribution in [2.24, 2.45) is 0 Å². The van der Waals surface area contributed by atoms with Crippen LogP contribution in [0.25, 0.3) is 78.7 Å². The first kappa shape index (κ1) is 40.4. The van der Waals surface area contributed by atoms with Crippen molar-refractivity contribution in [3.8, 4) is 78.7 Å². The van der Waals surface area contributed by atoms with E-state index in [1.165, 1.54) is 0 Å². The lowest BCUT2D eigenvalue weighted by Gasteiger charge is -2.46. The molecule has 1 aromatic heterocycles. The minimum Gasteiger partial charge on any atom is -0.311 e. The van der Waals surface area contributed by atoms with Gasteiger partial charge in [0.25, 0.3) is 6.71 Å². The Morgan fingerprint density at radius 2 is 0.713 bits per heavy atom. The van der Waals surface area contributed by atoms with Gasteiger partial charge in [-0.25, -0.2) is 15.0 Å². The maximum Gasteiger partial charge on any atom is 0.252 e. The number of nitrogens with zero attached hydrogens (tertiary/aromatic N) is 5. The molecule has 2 aliphatic rings. The quantitative estimate of drug-likeness (QED) is 0.135. The van der Waals surface area contributed by atoms with Gasteiger partial charge in [0, 0.05) is 45.0 Å². The summed E-state index contributed by atoms with van der Waals surface area (Å²) in [6, 6.07) is 49.3. The van der Waals surface area contributed by atoms with Crippen LogP contribution in [-0.2, 0) is 16.2 Å². The van der Waals surface area contributed by atoms with E-state index in [1.54, 1.807) is 0 Å². The number of fused-ring (bicyclic) bond motifs is 4. The fourth-order valence-corrected chi connectivity index (χ4v) is 12.1. The van der Waals surface area contributed by atoms with Gasteiger partial charge in [-0.15, -0.1) is 0 Å². The summed E-state index contributed by atoms with van der Waals surface area (Å²) in [5.74, 6) is -0.932. The molecule has 0 aliphatic carbocycles. The third-order valence-corrected chi connectivity index (χ3v) is 16.6. The minimum absolute atomic E-state index is 0.0407. The summed E-state index contributed by atoms with van der Waals surface area (Å²) in [6.07, 6.45) is 0. The molecule has 0 amide bonds. The molecule has 0 unspecified atom stereocenters. The van der Waals surface area contributed by atoms with Gasteiger partial charge >= 0.3 is 0 Å². The first-order valence-electron chi connectivity index (χ1n) is 36.8. The first-order chi connectivity index (χ1) is 48.2. The van der Waals surface area contributed by atoms with E-state index in [0.29, 0.717) is 28.2 Å². The average molecular weight is 1140 g/mol. The Hall–Kier alpha value is -9.91. The van der Waals surface area contributed by atoms with E-state index < -0.39 is 119 Å². The number of aromatic nitrogens is 3. The molecule has 5 nitrogen and oxygen atoms in total. The Kier molecular flexibility index (Phi) is 10.0. The molecule has 0 bridgehead atoms. The van der Waals surface area contributed by atoms with E-state index in [0.717, 1.165) is 83.5 Å². The zero-order valence-corrected chi connectivity index (χ0v) is 50.0. The summed E-state index contributed by atoms with van der Waals surface area (Å²) >= 11 is 0. The van der Waals surface area contributed by atoms with Crippen molar-refractivity contribution in [3.63, 3.8) is 0 Å². The Bertz CT molecular complexity index is 5340. The van der Waals surface area contributed by atoms with Crippen molar-refractivity contribution >= 4 is 57.2 Å². The minimum atomic E-state index is -0.667. The number of hydrogen-bond acceptors (Lipinski definition) is 5. The van der Waals surface area contributed by atoms with Gasteiger partial charge in [0.2, 0.25) is 0 Å². The maximum atomic E-state index is 9.44. The molecule has 0 fully saturated rings. The monoisotopic (exact) mass is 1140 g/mol. The van der Waals surface area contributed by atoms with Crippen LogP contribution in [-0.4, -0.2) is 21.7 Å². The molecule has 6 heteroatoms. The Morgan fingerprint density at radius 3 is 1.24 bits per heavy atom. The summed E-state index contributed by atoms with van der Waals surface area (Å²) in [5.41, 5.74) is 13.9. The first-order valence-corrected chi connectivity index (χ1v) is 29.3. The highest BCUT2D eigenvalue weighted by Crippen LogP contribution is 2.51. The van der Waals surface area contributed by atoms with Crippen molar-refractivity contribution in [2.75, 3.05) is 9.80 Å². The molecule has 14 rings (SSSR count). The molecule has 0 atom stereocenters. The topological polar surface area (TPSA) is 45.2 Å². The highest BCUT2D eigenvalue weighted by molar-refractivity contribution is 7.00. The van der Waals surface area contributed by atoms with Crippen LogP contribution in [0.1, 0.15) is 99.6 Å². The summed E-state index contributed by atoms with van der Waals surface area (Å²) < 4.78 is 135. The van der Waals surface area contributed by atoms with E-state index >= 15 is 0 Å². The Labute approximate surface area is 535 Å². The average Bonchev–Trinajstić information content (AvgIpc) is 0.689. The number of hydrogen-bond donors (Lipinski definition) is 0. The van der Waals surface area contributed by atoms with Gasteiger partial charge < -0.3 is 9.80 Å². The van der Waals surface area contributed by atoms with Gasteiger partial charge in [-0.2, -0.15) is 0 Å². The standard InChI is InChI=1S/C81H70BN5/c1-79(2,3)62-37-25-36-58(46-62)61-40-44-72-68(49-61)82-67-48-60(54-28-17-11-18-29-54)39-43-71(67)86(69-42-38-59(53-26-15-10-16-27-53)47-65(69)55-30-19-12-20-31-55)73-51-64(81(7,8)9)52-74(75(73)82)87(72)70-45-41-63(80(4,5)6)50-66(70)78-84-76(56-32-21-13-22-33-56)83-77(85-78)57-34-23-14-24-35-57/h10-52H,1-9H3/i11D,13D,14D,17D,18D,21D,22D,23D,24D,28D,29D,32D,33D,34D,35D. The molecule has 0 saturated heterocycles. The zero-order chi connectivity index (χ0) is 72.8. The molecular formula is C81H70BN5. The summed E-state index contributed by atoms with van der Waals surface area (Å²) in [5, 5.41) is 0. The van der Waals surface area contributed by atoms with Crippen molar-refractivity contribution in [3.05, 3.63) is 277 Å². The van der Waals surface area contributed by atoms with Crippen molar-refractivity contribution in [1.29, 1.82) is 0 Å². The van der Waals surface area contributed by atoms with E-state index in [4.69, 9.17) is 27.3 Å². The van der Waals surface area contributed by atoms with Crippen LogP contribution < -0.4 is 26.2 Å². The van der Waals surface area contributed by atoms with Gasteiger partial charge in [0.1, 0.15) is 0 Å². The van der Waals surface area contributed by atoms with Gasteiger partial charge in [0.05, 0.1) is 31.9 Å². The second-order valence-electron chi connectivity index (χ2n) is 25.4. The molecule has 0 radical (unpaired) electrons. The fraction of sp³-hybridized carbons (Fsp3) is 0.148. The van der Waals surface area contributed by atoms with Crippen LogP contribution in [0.5, 0.6) is 0 Å². The van der Waals surface area contributed by atoms with Crippen LogP contribution in [0.3, 0.4) is 0 Å². The summed E-state index contributed by atoms with van der Waals surface area (Å²) in [7, 11) is 0. The van der Waals surface area contributed by atoms with Gasteiger partial charge in [0.15, 0.2) is 17.5 Å². The molecule has 87 heavy (non-hydrogen) atoms. The van der Waals surface area contributed by atoms with Crippen LogP contribution in [0.2, 0.25) is 0 Å². The maximum absolute atomic E-state index is 9.44. The Morgan fingerprint density at radius 1 is 0.299 bits per heavy atom. The molecule has 2 aliphatic heterocycles. The van der Waals surface area contributed by atoms with Gasteiger partial charge in [-0.05, 0) is 137 Å². The van der Waals surface area contributed by atoms with Crippen molar-refractivity contribution in [2.45, 2.75) is 78.6 Å².